The van der Waals surface area contributed by atoms with E-state index in [0.717, 1.165) is 44.1 Å². The van der Waals surface area contributed by atoms with Crippen LogP contribution in [0.15, 0.2) is 11.6 Å². The molecule has 1 saturated carbocycles. The normalized spacial score (nSPS) is 19.2. The lowest BCUT2D eigenvalue weighted by atomic mass is 9.94. The van der Waals surface area contributed by atoms with E-state index in [0.29, 0.717) is 18.1 Å². The number of hydrogen-bond donors (Lipinski definition) is 0. The van der Waals surface area contributed by atoms with Gasteiger partial charge in [-0.2, -0.15) is 0 Å². The number of methoxy groups -OCH3 is 1. The molecule has 0 heterocycles. The second-order valence-electron chi connectivity index (χ2n) is 7.05. The van der Waals surface area contributed by atoms with Crippen molar-refractivity contribution in [3.63, 3.8) is 0 Å². The van der Waals surface area contributed by atoms with Crippen molar-refractivity contribution in [3.05, 3.63) is 11.6 Å². The Morgan fingerprint density at radius 3 is 2.54 bits per heavy atom. The van der Waals surface area contributed by atoms with Crippen LogP contribution < -0.4 is 0 Å². The molecule has 1 aliphatic carbocycles. The molecule has 0 aliphatic heterocycles. The fourth-order valence-corrected chi connectivity index (χ4v) is 3.53. The summed E-state index contributed by atoms with van der Waals surface area (Å²) in [5.41, 5.74) is 1.11. The van der Waals surface area contributed by atoms with Gasteiger partial charge in [0.1, 0.15) is 0 Å². The molecule has 0 bridgehead atoms. The van der Waals surface area contributed by atoms with Gasteiger partial charge < -0.3 is 4.74 Å². The lowest BCUT2D eigenvalue weighted by Gasteiger charge is -2.11. The predicted octanol–water partition coefficient (Wildman–Crippen LogP) is 5.77. The zero-order valence-electron chi connectivity index (χ0n) is 15.8. The largest absolute Gasteiger partial charge is 0.469 e. The molecular weight excluding hydrogens is 300 g/mol. The van der Waals surface area contributed by atoms with E-state index in [1.807, 2.05) is 0 Å². The van der Waals surface area contributed by atoms with E-state index in [1.165, 1.54) is 52.1 Å². The van der Waals surface area contributed by atoms with Gasteiger partial charge in [0.2, 0.25) is 0 Å². The molecule has 0 unspecified atom stereocenters. The van der Waals surface area contributed by atoms with Crippen molar-refractivity contribution < 1.29 is 14.3 Å². The summed E-state index contributed by atoms with van der Waals surface area (Å²) in [5.74, 6) is 0.762. The molecular formula is C21H36O3. The molecule has 0 radical (unpaired) electrons. The van der Waals surface area contributed by atoms with Gasteiger partial charge in [-0.25, -0.2) is 0 Å². The molecule has 1 atom stereocenters. The fraction of sp³-hybridized carbons (Fsp3) is 0.810. The Morgan fingerprint density at radius 2 is 1.79 bits per heavy atom. The summed E-state index contributed by atoms with van der Waals surface area (Å²) in [5, 5.41) is 0. The van der Waals surface area contributed by atoms with Gasteiger partial charge in [0, 0.05) is 12.8 Å². The number of ketones is 1. The maximum absolute atomic E-state index is 12.1. The van der Waals surface area contributed by atoms with E-state index in [2.05, 4.69) is 17.7 Å². The molecule has 3 nitrogen and oxygen atoms in total. The number of Topliss-reactive ketones (excluding diaryl/α,β-unsaturated/α-hetero) is 1. The topological polar surface area (TPSA) is 43.4 Å². The molecule has 1 fully saturated rings. The van der Waals surface area contributed by atoms with Crippen LogP contribution in [0.4, 0.5) is 0 Å². The number of esters is 1. The number of ether oxygens (including phenoxy) is 1. The van der Waals surface area contributed by atoms with Gasteiger partial charge in [0.15, 0.2) is 5.78 Å². The quantitative estimate of drug-likeness (QED) is 0.244. The number of allylic oxidation sites excluding steroid dienone is 2. The Balaban J connectivity index is 2.20. The van der Waals surface area contributed by atoms with Crippen molar-refractivity contribution >= 4 is 11.8 Å². The second-order valence-corrected chi connectivity index (χ2v) is 7.05. The van der Waals surface area contributed by atoms with Crippen LogP contribution in [0.25, 0.3) is 0 Å². The van der Waals surface area contributed by atoms with Gasteiger partial charge in [-0.15, -0.1) is 0 Å². The summed E-state index contributed by atoms with van der Waals surface area (Å²) in [6.45, 7) is 2.25. The van der Waals surface area contributed by atoms with Crippen LogP contribution in [-0.4, -0.2) is 18.9 Å². The minimum atomic E-state index is -0.127. The monoisotopic (exact) mass is 336 g/mol. The zero-order valence-corrected chi connectivity index (χ0v) is 15.8. The predicted molar refractivity (Wildman–Crippen MR) is 98.9 cm³/mol. The van der Waals surface area contributed by atoms with Crippen LogP contribution in [-0.2, 0) is 14.3 Å². The smallest absolute Gasteiger partial charge is 0.305 e. The molecule has 24 heavy (non-hydrogen) atoms. The first kappa shape index (κ1) is 20.9. The highest BCUT2D eigenvalue weighted by molar-refractivity contribution is 5.97. The van der Waals surface area contributed by atoms with E-state index >= 15 is 0 Å². The van der Waals surface area contributed by atoms with Crippen LogP contribution in [0.2, 0.25) is 0 Å². The van der Waals surface area contributed by atoms with Gasteiger partial charge in [0.25, 0.3) is 0 Å². The minimum absolute atomic E-state index is 0.127. The van der Waals surface area contributed by atoms with Crippen LogP contribution in [0.3, 0.4) is 0 Å². The minimum Gasteiger partial charge on any atom is -0.469 e. The number of carbonyl (C=O) groups is 2. The van der Waals surface area contributed by atoms with Crippen LogP contribution in [0, 0.1) is 5.92 Å². The highest BCUT2D eigenvalue weighted by Crippen LogP contribution is 2.33. The third kappa shape index (κ3) is 8.65. The molecule has 0 N–H and O–H groups in total. The Morgan fingerprint density at radius 1 is 1.08 bits per heavy atom. The molecule has 0 spiro atoms. The van der Waals surface area contributed by atoms with Gasteiger partial charge in [0.05, 0.1) is 7.11 Å². The first-order chi connectivity index (χ1) is 11.7. The summed E-state index contributed by atoms with van der Waals surface area (Å²) < 4.78 is 4.64. The SMILES string of the molecule is CCCCCCCC[C@H]1CCC(=O)/C1=C/CCCCCC(=O)OC. The molecule has 0 amide bonds. The second kappa shape index (κ2) is 13.2. The van der Waals surface area contributed by atoms with Crippen molar-refractivity contribution in [1.29, 1.82) is 0 Å². The molecule has 0 aromatic heterocycles. The molecule has 1 aliphatic rings. The highest BCUT2D eigenvalue weighted by atomic mass is 16.5. The third-order valence-corrected chi connectivity index (χ3v) is 5.06. The molecule has 0 aromatic rings. The van der Waals surface area contributed by atoms with Gasteiger partial charge >= 0.3 is 5.97 Å². The highest BCUT2D eigenvalue weighted by Gasteiger charge is 2.27. The molecule has 0 saturated heterocycles. The van der Waals surface area contributed by atoms with Crippen molar-refractivity contribution in [3.8, 4) is 0 Å². The maximum Gasteiger partial charge on any atom is 0.305 e. The average molecular weight is 337 g/mol. The van der Waals surface area contributed by atoms with Crippen LogP contribution >= 0.6 is 0 Å². The fourth-order valence-electron chi connectivity index (χ4n) is 3.53. The average Bonchev–Trinajstić information content (AvgIpc) is 2.94. The van der Waals surface area contributed by atoms with E-state index in [4.69, 9.17) is 0 Å². The van der Waals surface area contributed by atoms with Crippen molar-refractivity contribution in [1.82, 2.24) is 0 Å². The summed E-state index contributed by atoms with van der Waals surface area (Å²) in [6, 6.07) is 0. The van der Waals surface area contributed by atoms with E-state index in [-0.39, 0.29) is 5.97 Å². The number of hydrogen-bond acceptors (Lipinski definition) is 3. The van der Waals surface area contributed by atoms with E-state index < -0.39 is 0 Å². The Bertz CT molecular complexity index is 398. The van der Waals surface area contributed by atoms with Crippen LogP contribution in [0.5, 0.6) is 0 Å². The van der Waals surface area contributed by atoms with E-state index in [1.54, 1.807) is 0 Å². The number of rotatable bonds is 13. The Hall–Kier alpha value is -1.12. The van der Waals surface area contributed by atoms with Crippen molar-refractivity contribution in [2.75, 3.05) is 7.11 Å². The Kier molecular flexibility index (Phi) is 11.5. The standard InChI is InChI=1S/C21H36O3/c1-3-4-5-6-7-10-13-18-16-17-20(22)19(18)14-11-8-9-12-15-21(23)24-2/h14,18H,3-13,15-17H2,1-2H3/b19-14+/t18-/m0/s1. The first-order valence-corrected chi connectivity index (χ1v) is 9.99. The maximum atomic E-state index is 12.1. The first-order valence-electron chi connectivity index (χ1n) is 9.99. The summed E-state index contributed by atoms with van der Waals surface area (Å²) in [4.78, 5) is 23.1. The molecule has 1 rings (SSSR count). The van der Waals surface area contributed by atoms with Crippen LogP contribution in [0.1, 0.15) is 96.8 Å². The summed E-state index contributed by atoms with van der Waals surface area (Å²) >= 11 is 0. The molecule has 138 valence electrons. The third-order valence-electron chi connectivity index (χ3n) is 5.06. The summed E-state index contributed by atoms with van der Waals surface area (Å²) in [6.07, 6.45) is 17.5. The number of unbranched alkanes of at least 4 members (excludes halogenated alkanes) is 8. The van der Waals surface area contributed by atoms with Gasteiger partial charge in [-0.3, -0.25) is 9.59 Å². The lowest BCUT2D eigenvalue weighted by molar-refractivity contribution is -0.140. The molecule has 0 aromatic carbocycles. The van der Waals surface area contributed by atoms with E-state index in [9.17, 15) is 9.59 Å². The summed E-state index contributed by atoms with van der Waals surface area (Å²) in [7, 11) is 1.43. The lowest BCUT2D eigenvalue weighted by Crippen LogP contribution is -2.02. The number of carbonyl (C=O) groups excluding carboxylic acids is 2. The van der Waals surface area contributed by atoms with Crippen molar-refractivity contribution in [2.45, 2.75) is 96.8 Å². The van der Waals surface area contributed by atoms with Crippen molar-refractivity contribution in [2.24, 2.45) is 5.92 Å². The van der Waals surface area contributed by atoms with Gasteiger partial charge in [-0.05, 0) is 43.6 Å². The Labute approximate surface area is 148 Å². The zero-order chi connectivity index (χ0) is 17.6. The van der Waals surface area contributed by atoms with Gasteiger partial charge in [-0.1, -0.05) is 57.9 Å². The molecule has 3 heteroatoms.